The lowest BCUT2D eigenvalue weighted by Crippen LogP contribution is -2.38. The van der Waals surface area contributed by atoms with Gasteiger partial charge < -0.3 is 18.9 Å². The van der Waals surface area contributed by atoms with E-state index < -0.39 is 29.4 Å². The normalized spacial score (nSPS) is 14.4. The zero-order valence-electron chi connectivity index (χ0n) is 22.2. The smallest absolute Gasteiger partial charge is 0.493 e. The van der Waals surface area contributed by atoms with Crippen LogP contribution in [0.15, 0.2) is 36.4 Å². The van der Waals surface area contributed by atoms with Crippen LogP contribution in [-0.2, 0) is 19.0 Å². The standard InChI is InChI=1S/C28H31Cl2NO7/c1-27(2,3)37-25(33)31-22-16-19(30)8-10-20(22)21(24(31)32)15-17-14-18(29)9-11-23(17)35-12-7-13-36-26(34)38-28(4,5)6/h8-11,14-16H,7,12-13H2,1-6H3/b21-15-. The van der Waals surface area contributed by atoms with Gasteiger partial charge in [0.1, 0.15) is 17.0 Å². The van der Waals surface area contributed by atoms with E-state index in [0.717, 1.165) is 4.90 Å². The summed E-state index contributed by atoms with van der Waals surface area (Å²) in [6, 6.07) is 9.84. The van der Waals surface area contributed by atoms with Crippen LogP contribution < -0.4 is 9.64 Å². The first-order chi connectivity index (χ1) is 17.6. The third-order valence-corrected chi connectivity index (χ3v) is 5.40. The first-order valence-corrected chi connectivity index (χ1v) is 12.8. The zero-order valence-corrected chi connectivity index (χ0v) is 23.7. The maximum atomic E-state index is 13.4. The number of ether oxygens (including phenoxy) is 4. The fourth-order valence-electron chi connectivity index (χ4n) is 3.49. The second kappa shape index (κ2) is 11.7. The lowest BCUT2D eigenvalue weighted by atomic mass is 10.0. The molecule has 3 rings (SSSR count). The number of halogens is 2. The number of nitrogens with zero attached hydrogens (tertiary/aromatic N) is 1. The molecule has 0 aliphatic carbocycles. The van der Waals surface area contributed by atoms with Crippen molar-refractivity contribution in [3.05, 3.63) is 57.6 Å². The Labute approximate surface area is 232 Å². The van der Waals surface area contributed by atoms with Crippen LogP contribution in [-0.4, -0.2) is 42.6 Å². The molecule has 38 heavy (non-hydrogen) atoms. The van der Waals surface area contributed by atoms with Crippen molar-refractivity contribution < 1.29 is 33.3 Å². The van der Waals surface area contributed by atoms with Gasteiger partial charge in [-0.1, -0.05) is 29.3 Å². The van der Waals surface area contributed by atoms with Gasteiger partial charge in [0, 0.05) is 27.6 Å². The highest BCUT2D eigenvalue weighted by Crippen LogP contribution is 2.41. The van der Waals surface area contributed by atoms with Crippen LogP contribution in [0.25, 0.3) is 11.6 Å². The van der Waals surface area contributed by atoms with Crippen LogP contribution in [0, 0.1) is 0 Å². The van der Waals surface area contributed by atoms with E-state index in [4.69, 9.17) is 42.1 Å². The minimum absolute atomic E-state index is 0.108. The molecule has 0 bridgehead atoms. The van der Waals surface area contributed by atoms with Crippen LogP contribution in [0.2, 0.25) is 10.0 Å². The number of hydrogen-bond donors (Lipinski definition) is 0. The van der Waals surface area contributed by atoms with Crippen molar-refractivity contribution in [2.24, 2.45) is 0 Å². The van der Waals surface area contributed by atoms with Crippen molar-refractivity contribution in [3.63, 3.8) is 0 Å². The Morgan fingerprint density at radius 1 is 0.895 bits per heavy atom. The number of amides is 2. The van der Waals surface area contributed by atoms with Gasteiger partial charge in [-0.2, -0.15) is 0 Å². The van der Waals surface area contributed by atoms with Gasteiger partial charge in [-0.15, -0.1) is 0 Å². The summed E-state index contributed by atoms with van der Waals surface area (Å²) in [5.74, 6) is -0.105. The quantitative estimate of drug-likeness (QED) is 0.203. The molecule has 0 atom stereocenters. The van der Waals surface area contributed by atoms with Crippen molar-refractivity contribution in [1.29, 1.82) is 0 Å². The summed E-state index contributed by atoms with van der Waals surface area (Å²) in [5.41, 5.74) is 0.182. The highest BCUT2D eigenvalue weighted by molar-refractivity contribution is 6.42. The molecule has 0 unspecified atom stereocenters. The fraction of sp³-hybridized carbons (Fsp3) is 0.393. The Balaban J connectivity index is 1.81. The molecule has 204 valence electrons. The van der Waals surface area contributed by atoms with Crippen LogP contribution in [0.3, 0.4) is 0 Å². The third kappa shape index (κ3) is 7.88. The van der Waals surface area contributed by atoms with Gasteiger partial charge in [0.05, 0.1) is 24.5 Å². The molecule has 2 aromatic carbocycles. The number of carbonyl (C=O) groups excluding carboxylic acids is 3. The first-order valence-electron chi connectivity index (χ1n) is 12.0. The molecule has 0 fully saturated rings. The van der Waals surface area contributed by atoms with E-state index in [1.807, 2.05) is 0 Å². The Morgan fingerprint density at radius 3 is 2.18 bits per heavy atom. The van der Waals surface area contributed by atoms with E-state index in [0.29, 0.717) is 39.0 Å². The van der Waals surface area contributed by atoms with Crippen molar-refractivity contribution in [3.8, 4) is 5.75 Å². The molecule has 1 heterocycles. The zero-order chi connectivity index (χ0) is 28.3. The number of imide groups is 1. The summed E-state index contributed by atoms with van der Waals surface area (Å²) in [5, 5.41) is 0.801. The molecule has 0 radical (unpaired) electrons. The second-order valence-electron chi connectivity index (χ2n) is 10.5. The lowest BCUT2D eigenvalue weighted by molar-refractivity contribution is -0.112. The summed E-state index contributed by atoms with van der Waals surface area (Å²) in [4.78, 5) is 39.0. The Hall–Kier alpha value is -3.23. The van der Waals surface area contributed by atoms with Crippen LogP contribution in [0.5, 0.6) is 5.75 Å². The largest absolute Gasteiger partial charge is 0.508 e. The van der Waals surface area contributed by atoms with Crippen molar-refractivity contribution in [2.75, 3.05) is 18.1 Å². The molecule has 2 aromatic rings. The van der Waals surface area contributed by atoms with E-state index in [-0.39, 0.29) is 18.8 Å². The number of rotatable bonds is 6. The predicted octanol–water partition coefficient (Wildman–Crippen LogP) is 7.54. The summed E-state index contributed by atoms with van der Waals surface area (Å²) in [7, 11) is 0. The first kappa shape index (κ1) is 29.3. The van der Waals surface area contributed by atoms with Crippen molar-refractivity contribution >= 4 is 58.7 Å². The number of benzene rings is 2. The molecular formula is C28H31Cl2NO7. The van der Waals surface area contributed by atoms with Gasteiger partial charge in [0.25, 0.3) is 5.91 Å². The Morgan fingerprint density at radius 2 is 1.53 bits per heavy atom. The van der Waals surface area contributed by atoms with E-state index in [1.54, 1.807) is 84.0 Å². The maximum absolute atomic E-state index is 13.4. The van der Waals surface area contributed by atoms with Gasteiger partial charge in [-0.05, 0) is 78.0 Å². The third-order valence-electron chi connectivity index (χ3n) is 4.93. The molecule has 10 heteroatoms. The van der Waals surface area contributed by atoms with Gasteiger partial charge in [-0.3, -0.25) is 4.79 Å². The van der Waals surface area contributed by atoms with E-state index in [9.17, 15) is 14.4 Å². The highest BCUT2D eigenvalue weighted by Gasteiger charge is 2.39. The monoisotopic (exact) mass is 563 g/mol. The van der Waals surface area contributed by atoms with Gasteiger partial charge in [0.2, 0.25) is 0 Å². The molecule has 1 aliphatic heterocycles. The molecule has 0 saturated heterocycles. The van der Waals surface area contributed by atoms with Gasteiger partial charge in [-0.25, -0.2) is 14.5 Å². The summed E-state index contributed by atoms with van der Waals surface area (Å²) in [6.45, 7) is 10.7. The average Bonchev–Trinajstić information content (AvgIpc) is 3.03. The Bertz CT molecular complexity index is 1260. The topological polar surface area (TPSA) is 91.4 Å². The molecule has 8 nitrogen and oxygen atoms in total. The molecule has 0 N–H and O–H groups in total. The summed E-state index contributed by atoms with van der Waals surface area (Å²) >= 11 is 12.4. The Kier molecular flexibility index (Phi) is 9.00. The number of anilines is 1. The predicted molar refractivity (Wildman–Crippen MR) is 147 cm³/mol. The van der Waals surface area contributed by atoms with Crippen molar-refractivity contribution in [2.45, 2.75) is 59.2 Å². The number of carbonyl (C=O) groups is 3. The molecule has 0 saturated carbocycles. The maximum Gasteiger partial charge on any atom is 0.508 e. The highest BCUT2D eigenvalue weighted by atomic mass is 35.5. The molecule has 0 aromatic heterocycles. The van der Waals surface area contributed by atoms with E-state index in [1.165, 1.54) is 0 Å². The fourth-order valence-corrected chi connectivity index (χ4v) is 3.83. The van der Waals surface area contributed by atoms with Crippen molar-refractivity contribution in [1.82, 2.24) is 0 Å². The van der Waals surface area contributed by atoms with E-state index >= 15 is 0 Å². The van der Waals surface area contributed by atoms with Crippen LogP contribution >= 0.6 is 23.2 Å². The molecule has 1 aliphatic rings. The second-order valence-corrected chi connectivity index (χ2v) is 11.4. The van der Waals surface area contributed by atoms with E-state index in [2.05, 4.69) is 0 Å². The lowest BCUT2D eigenvalue weighted by Gasteiger charge is -2.23. The van der Waals surface area contributed by atoms with Gasteiger partial charge in [0.15, 0.2) is 0 Å². The minimum Gasteiger partial charge on any atom is -0.493 e. The van der Waals surface area contributed by atoms with Crippen LogP contribution in [0.4, 0.5) is 15.3 Å². The average molecular weight is 564 g/mol. The van der Waals surface area contributed by atoms with Crippen LogP contribution in [0.1, 0.15) is 59.1 Å². The minimum atomic E-state index is -0.804. The van der Waals surface area contributed by atoms with Gasteiger partial charge >= 0.3 is 12.2 Å². The summed E-state index contributed by atoms with van der Waals surface area (Å²) in [6.07, 6.45) is 0.465. The SMILES string of the molecule is CC(C)(C)OC(=O)OCCCOc1ccc(Cl)cc1/C=C1\C(=O)N(C(=O)OC(C)(C)C)c2cc(Cl)ccc21. The molecule has 2 amide bonds. The molecular weight excluding hydrogens is 533 g/mol. The number of hydrogen-bond acceptors (Lipinski definition) is 7. The summed E-state index contributed by atoms with van der Waals surface area (Å²) < 4.78 is 21.5. The molecule has 0 spiro atoms. The number of fused-ring (bicyclic) bond motifs is 1.